The molecule has 0 aliphatic carbocycles. The molecule has 2 N–H and O–H groups in total. The number of hydrogen-bond donors (Lipinski definition) is 2. The Balaban J connectivity index is 1.88. The summed E-state index contributed by atoms with van der Waals surface area (Å²) in [4.78, 5) is 14.4. The molecule has 0 bridgehead atoms. The summed E-state index contributed by atoms with van der Waals surface area (Å²) in [5.41, 5.74) is 4.35. The van der Waals surface area contributed by atoms with E-state index in [1.165, 1.54) is 11.1 Å². The molecular formula is C20H30N4O2. The Hall–Kier alpha value is -2.34. The molecule has 2 amide bonds. The Morgan fingerprint density at radius 3 is 2.38 bits per heavy atom. The first-order valence-corrected chi connectivity index (χ1v) is 8.97. The van der Waals surface area contributed by atoms with Crippen LogP contribution >= 0.6 is 0 Å². The van der Waals surface area contributed by atoms with Gasteiger partial charge in [-0.05, 0) is 53.8 Å². The van der Waals surface area contributed by atoms with E-state index in [1.807, 2.05) is 34.9 Å². The lowest BCUT2D eigenvalue weighted by molar-refractivity contribution is 0.230. The lowest BCUT2D eigenvalue weighted by atomic mass is 10.0. The van der Waals surface area contributed by atoms with Crippen LogP contribution in [0.3, 0.4) is 0 Å². The second-order valence-corrected chi connectivity index (χ2v) is 7.15. The summed E-state index contributed by atoms with van der Waals surface area (Å²) in [6, 6.07) is 8.36. The lowest BCUT2D eigenvalue weighted by Gasteiger charge is -2.25. The average Bonchev–Trinajstić information content (AvgIpc) is 2.88. The summed E-state index contributed by atoms with van der Waals surface area (Å²) < 4.78 is 5.18. The zero-order chi connectivity index (χ0) is 19.3. The summed E-state index contributed by atoms with van der Waals surface area (Å²) >= 11 is 0. The van der Waals surface area contributed by atoms with Crippen LogP contribution in [0.15, 0.2) is 28.8 Å². The van der Waals surface area contributed by atoms with E-state index in [0.29, 0.717) is 13.0 Å². The van der Waals surface area contributed by atoms with Crippen molar-refractivity contribution in [1.82, 2.24) is 20.7 Å². The molecule has 0 aliphatic heterocycles. The highest BCUT2D eigenvalue weighted by Gasteiger charge is 2.17. The fraction of sp³-hybridized carbons (Fsp3) is 0.500. The molecule has 0 saturated heterocycles. The first-order valence-electron chi connectivity index (χ1n) is 8.97. The number of urea groups is 1. The van der Waals surface area contributed by atoms with Gasteiger partial charge in [-0.2, -0.15) is 0 Å². The van der Waals surface area contributed by atoms with Gasteiger partial charge >= 0.3 is 6.03 Å². The standard InChI is InChI=1S/C20H30N4O2/c1-13-7-9-17(10-8-13)19(24(5)6)12-21-20(25)22-14(2)11-18-15(3)23-26-16(18)4/h7-10,14,19H,11-12H2,1-6H3,(H2,21,22,25). The molecule has 0 aliphatic rings. The molecule has 0 saturated carbocycles. The van der Waals surface area contributed by atoms with Gasteiger partial charge in [-0.3, -0.25) is 0 Å². The number of carbonyl (C=O) groups excluding carboxylic acids is 1. The zero-order valence-corrected chi connectivity index (χ0v) is 16.6. The number of nitrogens with one attached hydrogen (secondary N) is 2. The number of likely N-dealkylation sites (N-methyl/N-ethyl adjacent to an activating group) is 1. The van der Waals surface area contributed by atoms with E-state index in [9.17, 15) is 4.79 Å². The van der Waals surface area contributed by atoms with E-state index in [1.54, 1.807) is 0 Å². The highest BCUT2D eigenvalue weighted by atomic mass is 16.5. The fourth-order valence-electron chi connectivity index (χ4n) is 3.00. The van der Waals surface area contributed by atoms with E-state index in [2.05, 4.69) is 51.9 Å². The summed E-state index contributed by atoms with van der Waals surface area (Å²) in [5, 5.41) is 9.93. The molecule has 2 rings (SSSR count). The topological polar surface area (TPSA) is 70.4 Å². The molecule has 0 radical (unpaired) electrons. The van der Waals surface area contributed by atoms with Gasteiger partial charge in [-0.15, -0.1) is 0 Å². The average molecular weight is 358 g/mol. The van der Waals surface area contributed by atoms with Crippen molar-refractivity contribution in [3.63, 3.8) is 0 Å². The molecule has 1 heterocycles. The summed E-state index contributed by atoms with van der Waals surface area (Å²) in [6.07, 6.45) is 0.698. The van der Waals surface area contributed by atoms with Crippen molar-refractivity contribution in [1.29, 1.82) is 0 Å². The molecular weight excluding hydrogens is 328 g/mol. The Morgan fingerprint density at radius 2 is 1.85 bits per heavy atom. The molecule has 26 heavy (non-hydrogen) atoms. The van der Waals surface area contributed by atoms with Crippen molar-refractivity contribution >= 4 is 6.03 Å². The molecule has 2 atom stereocenters. The maximum atomic E-state index is 12.3. The molecule has 2 unspecified atom stereocenters. The molecule has 6 heteroatoms. The third-order valence-electron chi connectivity index (χ3n) is 4.61. The van der Waals surface area contributed by atoms with Crippen LogP contribution in [0.1, 0.15) is 41.1 Å². The van der Waals surface area contributed by atoms with E-state index in [0.717, 1.165) is 17.0 Å². The third-order valence-corrected chi connectivity index (χ3v) is 4.61. The van der Waals surface area contributed by atoms with Crippen LogP contribution in [-0.2, 0) is 6.42 Å². The molecule has 142 valence electrons. The summed E-state index contributed by atoms with van der Waals surface area (Å²) in [7, 11) is 4.04. The number of nitrogens with zero attached hydrogens (tertiary/aromatic N) is 2. The van der Waals surface area contributed by atoms with Crippen molar-refractivity contribution in [3.05, 3.63) is 52.4 Å². The molecule has 2 aromatic rings. The van der Waals surface area contributed by atoms with Crippen LogP contribution in [-0.4, -0.2) is 42.8 Å². The molecule has 1 aromatic heterocycles. The Kier molecular flexibility index (Phi) is 6.80. The maximum absolute atomic E-state index is 12.3. The van der Waals surface area contributed by atoms with Crippen molar-refractivity contribution < 1.29 is 9.32 Å². The number of benzene rings is 1. The zero-order valence-electron chi connectivity index (χ0n) is 16.6. The van der Waals surface area contributed by atoms with Crippen LogP contribution in [0.25, 0.3) is 0 Å². The van der Waals surface area contributed by atoms with Gasteiger partial charge in [0.15, 0.2) is 0 Å². The SMILES string of the molecule is Cc1ccc(C(CNC(=O)NC(C)Cc2c(C)noc2C)N(C)C)cc1. The minimum absolute atomic E-state index is 0.0102. The molecule has 1 aromatic carbocycles. The summed E-state index contributed by atoms with van der Waals surface area (Å²) in [6.45, 7) is 8.41. The van der Waals surface area contributed by atoms with Gasteiger partial charge in [0.2, 0.25) is 0 Å². The maximum Gasteiger partial charge on any atom is 0.315 e. The van der Waals surface area contributed by atoms with Crippen molar-refractivity contribution in [2.24, 2.45) is 0 Å². The monoisotopic (exact) mass is 358 g/mol. The summed E-state index contributed by atoms with van der Waals surface area (Å²) in [5.74, 6) is 0.809. The van der Waals surface area contributed by atoms with E-state index in [4.69, 9.17) is 4.52 Å². The fourth-order valence-corrected chi connectivity index (χ4v) is 3.00. The van der Waals surface area contributed by atoms with Crippen molar-refractivity contribution in [2.75, 3.05) is 20.6 Å². The van der Waals surface area contributed by atoms with Crippen LogP contribution in [0.5, 0.6) is 0 Å². The van der Waals surface area contributed by atoms with Gasteiger partial charge in [0.1, 0.15) is 5.76 Å². The van der Waals surface area contributed by atoms with Crippen LogP contribution < -0.4 is 10.6 Å². The highest BCUT2D eigenvalue weighted by molar-refractivity contribution is 5.74. The van der Waals surface area contributed by atoms with Crippen LogP contribution in [0.4, 0.5) is 4.79 Å². The molecule has 0 spiro atoms. The number of aromatic nitrogens is 1. The Morgan fingerprint density at radius 1 is 1.19 bits per heavy atom. The lowest BCUT2D eigenvalue weighted by Crippen LogP contribution is -2.44. The second-order valence-electron chi connectivity index (χ2n) is 7.15. The van der Waals surface area contributed by atoms with Crippen LogP contribution in [0.2, 0.25) is 0 Å². The van der Waals surface area contributed by atoms with Crippen LogP contribution in [0, 0.1) is 20.8 Å². The smallest absolute Gasteiger partial charge is 0.315 e. The number of hydrogen-bond acceptors (Lipinski definition) is 4. The van der Waals surface area contributed by atoms with Crippen molar-refractivity contribution in [3.8, 4) is 0 Å². The largest absolute Gasteiger partial charge is 0.361 e. The molecule has 0 fully saturated rings. The Bertz CT molecular complexity index is 702. The third kappa shape index (κ3) is 5.33. The first-order chi connectivity index (χ1) is 12.3. The predicted molar refractivity (Wildman–Crippen MR) is 103 cm³/mol. The number of amides is 2. The second kappa shape index (κ2) is 8.85. The number of aryl methyl sites for hydroxylation is 3. The van der Waals surface area contributed by atoms with E-state index < -0.39 is 0 Å². The first kappa shape index (κ1) is 20.0. The normalized spacial score (nSPS) is 13.5. The molecule has 6 nitrogen and oxygen atoms in total. The number of carbonyl (C=O) groups is 1. The van der Waals surface area contributed by atoms with E-state index in [-0.39, 0.29) is 18.1 Å². The highest BCUT2D eigenvalue weighted by Crippen LogP contribution is 2.18. The van der Waals surface area contributed by atoms with Gasteiger partial charge < -0.3 is 20.1 Å². The van der Waals surface area contributed by atoms with Crippen molar-refractivity contribution in [2.45, 2.75) is 46.2 Å². The quantitative estimate of drug-likeness (QED) is 0.798. The van der Waals surface area contributed by atoms with Gasteiger partial charge in [0.05, 0.1) is 11.7 Å². The van der Waals surface area contributed by atoms with Gasteiger partial charge in [0, 0.05) is 18.2 Å². The minimum Gasteiger partial charge on any atom is -0.361 e. The number of rotatable bonds is 7. The van der Waals surface area contributed by atoms with Gasteiger partial charge in [0.25, 0.3) is 0 Å². The van der Waals surface area contributed by atoms with Gasteiger partial charge in [-0.1, -0.05) is 35.0 Å². The Labute approximate surface area is 155 Å². The minimum atomic E-state index is -0.164. The van der Waals surface area contributed by atoms with Gasteiger partial charge in [-0.25, -0.2) is 4.79 Å². The van der Waals surface area contributed by atoms with E-state index >= 15 is 0 Å². The predicted octanol–water partition coefficient (Wildman–Crippen LogP) is 3.13.